The Morgan fingerprint density at radius 1 is 1.47 bits per heavy atom. The first kappa shape index (κ1) is 12.5. The fourth-order valence-electron chi connectivity index (χ4n) is 1.92. The molecule has 2 rings (SSSR count). The lowest BCUT2D eigenvalue weighted by atomic mass is 10.1. The second-order valence-electron chi connectivity index (χ2n) is 4.37. The number of rotatable bonds is 4. The Hall–Kier alpha value is -1.00. The van der Waals surface area contributed by atoms with E-state index in [1.165, 1.54) is 0 Å². The molecule has 0 bridgehead atoms. The molecule has 1 saturated heterocycles. The summed E-state index contributed by atoms with van der Waals surface area (Å²) in [6.45, 7) is 0. The van der Waals surface area contributed by atoms with Gasteiger partial charge in [0.15, 0.2) is 0 Å². The Bertz CT molecular complexity index is 363. The number of nitrogens with one attached hydrogen (secondary N) is 1. The van der Waals surface area contributed by atoms with E-state index in [0.29, 0.717) is 12.5 Å². The molecule has 17 heavy (non-hydrogen) atoms. The minimum atomic E-state index is -0.442. The highest BCUT2D eigenvalue weighted by Crippen LogP contribution is 2.17. The van der Waals surface area contributed by atoms with Crippen LogP contribution in [0.5, 0.6) is 0 Å². The Balaban J connectivity index is 1.82. The van der Waals surface area contributed by atoms with Crippen LogP contribution in [0.1, 0.15) is 12.0 Å². The van der Waals surface area contributed by atoms with Crippen LogP contribution in [0.2, 0.25) is 0 Å². The number of thioether (sulfide) groups is 1. The summed E-state index contributed by atoms with van der Waals surface area (Å²) in [5.41, 5.74) is 7.02. The molecule has 1 aromatic carbocycles. The maximum Gasteiger partial charge on any atom is 0.237 e. The molecule has 0 radical (unpaired) electrons. The lowest BCUT2D eigenvalue weighted by Gasteiger charge is -2.16. The standard InChI is InChI=1S/C13H18N2OS/c14-12(8-10-4-2-1-3-5-10)13(16)15-11-6-7-17-9-11/h1-5,11-12H,6-9,14H2,(H,15,16). The zero-order valence-electron chi connectivity index (χ0n) is 9.76. The second kappa shape index (κ2) is 6.07. The van der Waals surface area contributed by atoms with Crippen molar-refractivity contribution in [1.29, 1.82) is 0 Å². The molecule has 0 saturated carbocycles. The Morgan fingerprint density at radius 2 is 2.24 bits per heavy atom. The molecule has 3 N–H and O–H groups in total. The molecule has 1 fully saturated rings. The first-order chi connectivity index (χ1) is 8.25. The molecule has 1 amide bonds. The lowest BCUT2D eigenvalue weighted by Crippen LogP contribution is -2.46. The van der Waals surface area contributed by atoms with Gasteiger partial charge in [-0.1, -0.05) is 30.3 Å². The van der Waals surface area contributed by atoms with Crippen molar-refractivity contribution in [3.63, 3.8) is 0 Å². The van der Waals surface area contributed by atoms with E-state index in [1.807, 2.05) is 42.1 Å². The van der Waals surface area contributed by atoms with Crippen molar-refractivity contribution in [1.82, 2.24) is 5.32 Å². The summed E-state index contributed by atoms with van der Waals surface area (Å²) in [7, 11) is 0. The molecule has 2 atom stereocenters. The third-order valence-electron chi connectivity index (χ3n) is 2.91. The van der Waals surface area contributed by atoms with Crippen molar-refractivity contribution < 1.29 is 4.79 Å². The van der Waals surface area contributed by atoms with Gasteiger partial charge in [-0.05, 0) is 24.2 Å². The molecule has 92 valence electrons. The SMILES string of the molecule is NC(Cc1ccccc1)C(=O)NC1CCSC1. The summed E-state index contributed by atoms with van der Waals surface area (Å²) in [4.78, 5) is 11.9. The van der Waals surface area contributed by atoms with Gasteiger partial charge in [0.2, 0.25) is 5.91 Å². The zero-order valence-corrected chi connectivity index (χ0v) is 10.6. The van der Waals surface area contributed by atoms with Crippen LogP contribution in [0.25, 0.3) is 0 Å². The van der Waals surface area contributed by atoms with Crippen LogP contribution in [0.15, 0.2) is 30.3 Å². The van der Waals surface area contributed by atoms with Crippen LogP contribution in [0, 0.1) is 0 Å². The summed E-state index contributed by atoms with van der Waals surface area (Å²) in [6.07, 6.45) is 1.67. The van der Waals surface area contributed by atoms with Gasteiger partial charge in [-0.2, -0.15) is 11.8 Å². The molecular weight excluding hydrogens is 232 g/mol. The topological polar surface area (TPSA) is 55.1 Å². The van der Waals surface area contributed by atoms with Crippen LogP contribution in [0.4, 0.5) is 0 Å². The zero-order chi connectivity index (χ0) is 12.1. The highest BCUT2D eigenvalue weighted by molar-refractivity contribution is 7.99. The van der Waals surface area contributed by atoms with Crippen molar-refractivity contribution >= 4 is 17.7 Å². The number of hydrogen-bond donors (Lipinski definition) is 2. The monoisotopic (exact) mass is 250 g/mol. The molecule has 0 aliphatic carbocycles. The first-order valence-electron chi connectivity index (χ1n) is 5.93. The molecule has 1 aliphatic heterocycles. The van der Waals surface area contributed by atoms with Crippen molar-refractivity contribution in [3.8, 4) is 0 Å². The minimum Gasteiger partial charge on any atom is -0.351 e. The third-order valence-corrected chi connectivity index (χ3v) is 4.07. The molecule has 1 heterocycles. The van der Waals surface area contributed by atoms with E-state index in [2.05, 4.69) is 5.32 Å². The number of benzene rings is 1. The number of nitrogens with two attached hydrogens (primary N) is 1. The Kier molecular flexibility index (Phi) is 4.45. The maximum atomic E-state index is 11.9. The average Bonchev–Trinajstić information content (AvgIpc) is 2.83. The van der Waals surface area contributed by atoms with Gasteiger partial charge in [0.05, 0.1) is 6.04 Å². The minimum absolute atomic E-state index is 0.0265. The summed E-state index contributed by atoms with van der Waals surface area (Å²) >= 11 is 1.88. The normalized spacial score (nSPS) is 21.1. The van der Waals surface area contributed by atoms with Crippen molar-refractivity contribution in [2.45, 2.75) is 24.9 Å². The van der Waals surface area contributed by atoms with Gasteiger partial charge in [0, 0.05) is 11.8 Å². The van der Waals surface area contributed by atoms with E-state index >= 15 is 0 Å². The molecule has 0 spiro atoms. The third kappa shape index (κ3) is 3.75. The van der Waals surface area contributed by atoms with Gasteiger partial charge in [0.25, 0.3) is 0 Å². The van der Waals surface area contributed by atoms with E-state index in [9.17, 15) is 4.79 Å². The van der Waals surface area contributed by atoms with Crippen LogP contribution < -0.4 is 11.1 Å². The van der Waals surface area contributed by atoms with Crippen LogP contribution in [-0.4, -0.2) is 29.5 Å². The number of hydrogen-bond acceptors (Lipinski definition) is 3. The number of carbonyl (C=O) groups excluding carboxylic acids is 1. The fourth-order valence-corrected chi connectivity index (χ4v) is 3.07. The first-order valence-corrected chi connectivity index (χ1v) is 7.09. The second-order valence-corrected chi connectivity index (χ2v) is 5.52. The molecule has 3 nitrogen and oxygen atoms in total. The van der Waals surface area contributed by atoms with Gasteiger partial charge in [-0.3, -0.25) is 4.79 Å². The Morgan fingerprint density at radius 3 is 2.88 bits per heavy atom. The quantitative estimate of drug-likeness (QED) is 0.843. The van der Waals surface area contributed by atoms with Crippen molar-refractivity contribution in [2.24, 2.45) is 5.73 Å². The van der Waals surface area contributed by atoms with E-state index in [1.54, 1.807) is 0 Å². The van der Waals surface area contributed by atoms with E-state index in [4.69, 9.17) is 5.73 Å². The largest absolute Gasteiger partial charge is 0.351 e. The summed E-state index contributed by atoms with van der Waals surface area (Å²) in [5.74, 6) is 2.13. The summed E-state index contributed by atoms with van der Waals surface area (Å²) < 4.78 is 0. The number of amides is 1. The van der Waals surface area contributed by atoms with Crippen molar-refractivity contribution in [2.75, 3.05) is 11.5 Å². The average molecular weight is 250 g/mol. The summed E-state index contributed by atoms with van der Waals surface area (Å²) in [6, 6.07) is 9.76. The maximum absolute atomic E-state index is 11.9. The van der Waals surface area contributed by atoms with Gasteiger partial charge in [0.1, 0.15) is 0 Å². The molecule has 0 aromatic heterocycles. The molecule has 1 aromatic rings. The molecular formula is C13H18N2OS. The molecule has 1 aliphatic rings. The lowest BCUT2D eigenvalue weighted by molar-refractivity contribution is -0.122. The highest BCUT2D eigenvalue weighted by atomic mass is 32.2. The predicted octanol–water partition coefficient (Wildman–Crippen LogP) is 1.18. The van der Waals surface area contributed by atoms with Crippen LogP contribution >= 0.6 is 11.8 Å². The van der Waals surface area contributed by atoms with Gasteiger partial charge >= 0.3 is 0 Å². The van der Waals surface area contributed by atoms with E-state index < -0.39 is 6.04 Å². The summed E-state index contributed by atoms with van der Waals surface area (Å²) in [5, 5.41) is 3.01. The van der Waals surface area contributed by atoms with E-state index in [-0.39, 0.29) is 5.91 Å². The van der Waals surface area contributed by atoms with Crippen LogP contribution in [0.3, 0.4) is 0 Å². The number of carbonyl (C=O) groups is 1. The van der Waals surface area contributed by atoms with Crippen LogP contribution in [-0.2, 0) is 11.2 Å². The van der Waals surface area contributed by atoms with Gasteiger partial charge in [-0.15, -0.1) is 0 Å². The van der Waals surface area contributed by atoms with E-state index in [0.717, 1.165) is 23.5 Å². The smallest absolute Gasteiger partial charge is 0.237 e. The molecule has 4 heteroatoms. The highest BCUT2D eigenvalue weighted by Gasteiger charge is 2.21. The van der Waals surface area contributed by atoms with Gasteiger partial charge < -0.3 is 11.1 Å². The predicted molar refractivity (Wildman–Crippen MR) is 72.0 cm³/mol. The Labute approximate surface area is 106 Å². The van der Waals surface area contributed by atoms with Gasteiger partial charge in [-0.25, -0.2) is 0 Å². The van der Waals surface area contributed by atoms with Crippen molar-refractivity contribution in [3.05, 3.63) is 35.9 Å². The fraction of sp³-hybridized carbons (Fsp3) is 0.462. The molecule has 2 unspecified atom stereocenters.